The number of nitrogens with zero attached hydrogens (tertiary/aromatic N) is 3. The van der Waals surface area contributed by atoms with Crippen LogP contribution in [0.4, 0.5) is 5.69 Å². The summed E-state index contributed by atoms with van der Waals surface area (Å²) in [5.41, 5.74) is 1.99. The fourth-order valence-electron chi connectivity index (χ4n) is 3.52. The molecule has 8 heteroatoms. The summed E-state index contributed by atoms with van der Waals surface area (Å²) in [6.07, 6.45) is 4.90. The van der Waals surface area contributed by atoms with Crippen LogP contribution < -0.4 is 20.3 Å². The van der Waals surface area contributed by atoms with Gasteiger partial charge in [-0.15, -0.1) is 24.0 Å². The molecule has 2 heterocycles. The Morgan fingerprint density at radius 1 is 1.33 bits per heavy atom. The monoisotopic (exact) mass is 525 g/mol. The Morgan fingerprint density at radius 2 is 2.13 bits per heavy atom. The van der Waals surface area contributed by atoms with Crippen molar-refractivity contribution in [2.75, 3.05) is 38.2 Å². The SMILES string of the molecule is CCNC(=NCC(O)c1ccncc1)NC1CCCN(c2cccc(OC)c2)C1.I. The Hall–Kier alpha value is -2.07. The number of piperidine rings is 1. The molecule has 0 spiro atoms. The van der Waals surface area contributed by atoms with Gasteiger partial charge in [0.2, 0.25) is 0 Å². The van der Waals surface area contributed by atoms with Crippen molar-refractivity contribution in [3.8, 4) is 5.75 Å². The standard InChI is InChI=1S/C22H31N5O2.HI/c1-3-24-22(25-15-21(28)17-9-11-23-12-10-17)26-18-6-5-13-27(16-18)19-7-4-8-20(14-19)29-2;/h4,7-12,14,18,21,28H,3,5-6,13,15-16H2,1-2H3,(H2,24,25,26);1H. The number of hydrogen-bond donors (Lipinski definition) is 3. The maximum Gasteiger partial charge on any atom is 0.191 e. The van der Waals surface area contributed by atoms with Crippen LogP contribution in [0.25, 0.3) is 0 Å². The normalized spacial score (nSPS) is 17.6. The van der Waals surface area contributed by atoms with E-state index in [2.05, 4.69) is 37.6 Å². The van der Waals surface area contributed by atoms with E-state index in [9.17, 15) is 5.11 Å². The van der Waals surface area contributed by atoms with Gasteiger partial charge in [0.15, 0.2) is 5.96 Å². The lowest BCUT2D eigenvalue weighted by Gasteiger charge is -2.35. The molecule has 1 aliphatic rings. The zero-order valence-electron chi connectivity index (χ0n) is 17.6. The summed E-state index contributed by atoms with van der Waals surface area (Å²) in [6, 6.07) is 12.1. The van der Waals surface area contributed by atoms with Crippen molar-refractivity contribution in [3.63, 3.8) is 0 Å². The number of aromatic nitrogens is 1. The minimum atomic E-state index is -0.645. The summed E-state index contributed by atoms with van der Waals surface area (Å²) in [5, 5.41) is 17.2. The van der Waals surface area contributed by atoms with Gasteiger partial charge >= 0.3 is 0 Å². The summed E-state index contributed by atoms with van der Waals surface area (Å²) in [4.78, 5) is 11.0. The van der Waals surface area contributed by atoms with Crippen LogP contribution >= 0.6 is 24.0 Å². The van der Waals surface area contributed by atoms with E-state index in [1.54, 1.807) is 19.5 Å². The predicted molar refractivity (Wildman–Crippen MR) is 132 cm³/mol. The van der Waals surface area contributed by atoms with Gasteiger partial charge in [-0.25, -0.2) is 0 Å². The van der Waals surface area contributed by atoms with Crippen LogP contribution in [-0.2, 0) is 0 Å². The first-order chi connectivity index (χ1) is 14.2. The molecule has 1 aromatic heterocycles. The van der Waals surface area contributed by atoms with Crippen molar-refractivity contribution < 1.29 is 9.84 Å². The number of hydrogen-bond acceptors (Lipinski definition) is 5. The van der Waals surface area contributed by atoms with E-state index < -0.39 is 6.10 Å². The van der Waals surface area contributed by atoms with E-state index in [1.165, 1.54) is 5.69 Å². The van der Waals surface area contributed by atoms with Gasteiger partial charge in [-0.3, -0.25) is 9.98 Å². The Labute approximate surface area is 196 Å². The zero-order valence-corrected chi connectivity index (χ0v) is 20.0. The highest BCUT2D eigenvalue weighted by Gasteiger charge is 2.21. The fourth-order valence-corrected chi connectivity index (χ4v) is 3.52. The molecule has 3 rings (SSSR count). The summed E-state index contributed by atoms with van der Waals surface area (Å²) in [6.45, 7) is 5.03. The number of nitrogens with one attached hydrogen (secondary N) is 2. The average Bonchev–Trinajstić information content (AvgIpc) is 2.78. The Bertz CT molecular complexity index is 790. The first kappa shape index (κ1) is 24.2. The first-order valence-electron chi connectivity index (χ1n) is 10.2. The number of ether oxygens (including phenoxy) is 1. The maximum atomic E-state index is 10.4. The highest BCUT2D eigenvalue weighted by atomic mass is 127. The lowest BCUT2D eigenvalue weighted by Crippen LogP contribution is -2.51. The number of rotatable bonds is 7. The van der Waals surface area contributed by atoms with Gasteiger partial charge < -0.3 is 25.4 Å². The zero-order chi connectivity index (χ0) is 20.5. The van der Waals surface area contributed by atoms with Crippen molar-refractivity contribution in [2.45, 2.75) is 31.9 Å². The van der Waals surface area contributed by atoms with Gasteiger partial charge in [0, 0.05) is 49.8 Å². The van der Waals surface area contributed by atoms with Gasteiger partial charge in [0.1, 0.15) is 5.75 Å². The van der Waals surface area contributed by atoms with Crippen LogP contribution in [0.15, 0.2) is 53.8 Å². The van der Waals surface area contributed by atoms with Crippen LogP contribution in [0, 0.1) is 0 Å². The van der Waals surface area contributed by atoms with Crippen molar-refractivity contribution in [2.24, 2.45) is 4.99 Å². The second-order valence-electron chi connectivity index (χ2n) is 7.15. The third-order valence-electron chi connectivity index (χ3n) is 5.04. The van der Waals surface area contributed by atoms with Crippen molar-refractivity contribution in [1.29, 1.82) is 0 Å². The molecule has 1 aliphatic heterocycles. The smallest absolute Gasteiger partial charge is 0.191 e. The predicted octanol–water partition coefficient (Wildman–Crippen LogP) is 2.97. The fraction of sp³-hybridized carbons (Fsp3) is 0.455. The second kappa shape index (κ2) is 12.6. The Kier molecular flexibility index (Phi) is 10.2. The van der Waals surface area contributed by atoms with Gasteiger partial charge in [0.25, 0.3) is 0 Å². The van der Waals surface area contributed by atoms with Crippen LogP contribution in [0.3, 0.4) is 0 Å². The van der Waals surface area contributed by atoms with E-state index in [1.807, 2.05) is 31.2 Å². The number of halogens is 1. The molecule has 0 amide bonds. The van der Waals surface area contributed by atoms with E-state index in [-0.39, 0.29) is 30.0 Å². The number of pyridine rings is 1. The Morgan fingerprint density at radius 3 is 2.87 bits per heavy atom. The average molecular weight is 525 g/mol. The molecule has 1 saturated heterocycles. The lowest BCUT2D eigenvalue weighted by atomic mass is 10.0. The van der Waals surface area contributed by atoms with Crippen LogP contribution in [0.2, 0.25) is 0 Å². The molecule has 2 aromatic rings. The molecule has 0 bridgehead atoms. The van der Waals surface area contributed by atoms with Crippen LogP contribution in [0.5, 0.6) is 5.75 Å². The van der Waals surface area contributed by atoms with Crippen LogP contribution in [0.1, 0.15) is 31.4 Å². The molecule has 7 nitrogen and oxygen atoms in total. The number of methoxy groups -OCH3 is 1. The minimum Gasteiger partial charge on any atom is -0.497 e. The maximum absolute atomic E-state index is 10.4. The number of aliphatic hydroxyl groups excluding tert-OH is 1. The summed E-state index contributed by atoms with van der Waals surface area (Å²) < 4.78 is 5.36. The van der Waals surface area contributed by atoms with Gasteiger partial charge in [-0.2, -0.15) is 0 Å². The van der Waals surface area contributed by atoms with Gasteiger partial charge in [0.05, 0.1) is 19.8 Å². The van der Waals surface area contributed by atoms with E-state index in [0.717, 1.165) is 49.7 Å². The molecule has 1 fully saturated rings. The third kappa shape index (κ3) is 7.02. The van der Waals surface area contributed by atoms with Gasteiger partial charge in [-0.05, 0) is 49.6 Å². The van der Waals surface area contributed by atoms with E-state index >= 15 is 0 Å². The number of guanidine groups is 1. The van der Waals surface area contributed by atoms with Crippen molar-refractivity contribution in [1.82, 2.24) is 15.6 Å². The molecule has 0 aliphatic carbocycles. The lowest BCUT2D eigenvalue weighted by molar-refractivity contribution is 0.187. The van der Waals surface area contributed by atoms with Crippen molar-refractivity contribution in [3.05, 3.63) is 54.4 Å². The third-order valence-corrected chi connectivity index (χ3v) is 5.04. The van der Waals surface area contributed by atoms with Crippen LogP contribution in [-0.4, -0.2) is 55.4 Å². The molecule has 0 radical (unpaired) electrons. The largest absolute Gasteiger partial charge is 0.497 e. The Balaban J connectivity index is 0.00000320. The summed E-state index contributed by atoms with van der Waals surface area (Å²) in [5.74, 6) is 1.61. The minimum absolute atomic E-state index is 0. The molecular weight excluding hydrogens is 493 g/mol. The van der Waals surface area contributed by atoms with E-state index in [0.29, 0.717) is 6.54 Å². The quantitative estimate of drug-likeness (QED) is 0.293. The molecule has 0 saturated carbocycles. The molecule has 3 N–H and O–H groups in total. The number of benzene rings is 1. The summed E-state index contributed by atoms with van der Waals surface area (Å²) in [7, 11) is 1.69. The first-order valence-corrected chi connectivity index (χ1v) is 10.2. The van der Waals surface area contributed by atoms with Gasteiger partial charge in [-0.1, -0.05) is 6.07 Å². The highest BCUT2D eigenvalue weighted by molar-refractivity contribution is 14.0. The number of anilines is 1. The molecule has 1 aromatic carbocycles. The number of aliphatic hydroxyl groups is 1. The van der Waals surface area contributed by atoms with E-state index in [4.69, 9.17) is 4.74 Å². The second-order valence-corrected chi connectivity index (χ2v) is 7.15. The molecule has 2 unspecified atom stereocenters. The number of aliphatic imine (C=N–C) groups is 1. The topological polar surface area (TPSA) is 82.0 Å². The highest BCUT2D eigenvalue weighted by Crippen LogP contribution is 2.24. The molecular formula is C22H32IN5O2. The molecule has 2 atom stereocenters. The van der Waals surface area contributed by atoms with Crippen molar-refractivity contribution >= 4 is 35.6 Å². The molecule has 30 heavy (non-hydrogen) atoms. The molecule has 164 valence electrons. The summed E-state index contributed by atoms with van der Waals surface area (Å²) >= 11 is 0.